The largest absolute Gasteiger partial charge is 0.356 e. The average molecular weight is 354 g/mol. The highest BCUT2D eigenvalue weighted by atomic mass is 32.2. The van der Waals surface area contributed by atoms with Gasteiger partial charge in [0.2, 0.25) is 0 Å². The molecule has 0 saturated carbocycles. The Hall–Kier alpha value is -1.56. The number of hydrogen-bond acceptors (Lipinski definition) is 3. The van der Waals surface area contributed by atoms with Gasteiger partial charge >= 0.3 is 0 Å². The van der Waals surface area contributed by atoms with E-state index in [0.29, 0.717) is 29.8 Å². The predicted molar refractivity (Wildman–Crippen MR) is 101 cm³/mol. The fourth-order valence-corrected chi connectivity index (χ4v) is 3.63. The Morgan fingerprint density at radius 2 is 1.79 bits per heavy atom. The molecule has 0 fully saturated rings. The van der Waals surface area contributed by atoms with Crippen LogP contribution in [0.5, 0.6) is 0 Å². The number of nitrogens with one attached hydrogen (secondary N) is 2. The molecule has 0 heterocycles. The van der Waals surface area contributed by atoms with Crippen LogP contribution < -0.4 is 10.6 Å². The van der Waals surface area contributed by atoms with Gasteiger partial charge in [-0.1, -0.05) is 32.0 Å². The maximum absolute atomic E-state index is 12.2. The average Bonchev–Trinajstić information content (AvgIpc) is 2.56. The normalized spacial score (nSPS) is 13.8. The summed E-state index contributed by atoms with van der Waals surface area (Å²) in [5, 5.41) is 6.53. The molecule has 0 aliphatic carbocycles. The van der Waals surface area contributed by atoms with Gasteiger partial charge in [0.1, 0.15) is 0 Å². The molecule has 1 aromatic carbocycles. The van der Waals surface area contributed by atoms with Gasteiger partial charge in [-0.3, -0.25) is 4.99 Å². The van der Waals surface area contributed by atoms with Crippen LogP contribution in [-0.2, 0) is 9.84 Å². The van der Waals surface area contributed by atoms with Gasteiger partial charge in [-0.2, -0.15) is 0 Å². The van der Waals surface area contributed by atoms with Crippen molar-refractivity contribution in [2.24, 2.45) is 10.9 Å². The summed E-state index contributed by atoms with van der Waals surface area (Å²) in [7, 11) is -1.48. The molecule has 0 spiro atoms. The number of hydrogen-bond donors (Lipinski definition) is 2. The van der Waals surface area contributed by atoms with E-state index in [1.807, 2.05) is 6.07 Å². The zero-order valence-electron chi connectivity index (χ0n) is 15.2. The number of guanidine groups is 1. The highest BCUT2D eigenvalue weighted by Gasteiger charge is 2.13. The Morgan fingerprint density at radius 1 is 1.12 bits per heavy atom. The van der Waals surface area contributed by atoms with Crippen LogP contribution in [0, 0.1) is 5.92 Å². The first-order chi connectivity index (χ1) is 11.3. The standard InChI is InChI=1S/C18H31N3O2S/c1-15(2)11-12-16(3)21-18(19-4)20-13-8-14-24(22,23)17-9-6-5-7-10-17/h5-7,9-10,15-16H,8,11-14H2,1-4H3,(H2,19,20,21). The zero-order valence-corrected chi connectivity index (χ0v) is 16.1. The van der Waals surface area contributed by atoms with Crippen molar-refractivity contribution in [3.05, 3.63) is 30.3 Å². The van der Waals surface area contributed by atoms with E-state index >= 15 is 0 Å². The molecule has 1 aromatic rings. The van der Waals surface area contributed by atoms with Crippen LogP contribution in [-0.4, -0.2) is 39.8 Å². The van der Waals surface area contributed by atoms with Crippen molar-refractivity contribution in [1.82, 2.24) is 10.6 Å². The van der Waals surface area contributed by atoms with Gasteiger partial charge in [0.25, 0.3) is 0 Å². The molecule has 0 aliphatic heterocycles. The smallest absolute Gasteiger partial charge is 0.191 e. The van der Waals surface area contributed by atoms with Gasteiger partial charge in [-0.15, -0.1) is 0 Å². The maximum atomic E-state index is 12.2. The van der Waals surface area contributed by atoms with E-state index in [1.165, 1.54) is 6.42 Å². The Morgan fingerprint density at radius 3 is 2.38 bits per heavy atom. The van der Waals surface area contributed by atoms with Crippen LogP contribution in [0.4, 0.5) is 0 Å². The van der Waals surface area contributed by atoms with Gasteiger partial charge < -0.3 is 10.6 Å². The van der Waals surface area contributed by atoms with Crippen molar-refractivity contribution in [2.45, 2.75) is 51.0 Å². The number of sulfone groups is 1. The molecule has 1 unspecified atom stereocenters. The van der Waals surface area contributed by atoms with Crippen molar-refractivity contribution in [3.63, 3.8) is 0 Å². The van der Waals surface area contributed by atoms with Crippen molar-refractivity contribution >= 4 is 15.8 Å². The van der Waals surface area contributed by atoms with Crippen molar-refractivity contribution < 1.29 is 8.42 Å². The van der Waals surface area contributed by atoms with Crippen LogP contribution in [0.2, 0.25) is 0 Å². The quantitative estimate of drug-likeness (QED) is 0.407. The lowest BCUT2D eigenvalue weighted by Gasteiger charge is -2.18. The Bertz CT molecular complexity index is 598. The summed E-state index contributed by atoms with van der Waals surface area (Å²) in [6.45, 7) is 7.14. The van der Waals surface area contributed by atoms with Crippen LogP contribution >= 0.6 is 0 Å². The summed E-state index contributed by atoms with van der Waals surface area (Å²) in [4.78, 5) is 4.58. The molecule has 1 atom stereocenters. The molecular weight excluding hydrogens is 322 g/mol. The topological polar surface area (TPSA) is 70.6 Å². The molecule has 0 radical (unpaired) electrons. The molecule has 5 nitrogen and oxygen atoms in total. The number of nitrogens with zero attached hydrogens (tertiary/aromatic N) is 1. The third-order valence-electron chi connectivity index (χ3n) is 3.77. The van der Waals surface area contributed by atoms with E-state index in [2.05, 4.69) is 36.4 Å². The zero-order chi connectivity index (χ0) is 18.0. The minimum Gasteiger partial charge on any atom is -0.356 e. The van der Waals surface area contributed by atoms with E-state index in [-0.39, 0.29) is 5.75 Å². The van der Waals surface area contributed by atoms with Gasteiger partial charge in [-0.25, -0.2) is 8.42 Å². The lowest BCUT2D eigenvalue weighted by atomic mass is 10.0. The van der Waals surface area contributed by atoms with Gasteiger partial charge in [0.05, 0.1) is 10.6 Å². The summed E-state index contributed by atoms with van der Waals surface area (Å²) in [5.74, 6) is 1.54. The molecule has 6 heteroatoms. The van der Waals surface area contributed by atoms with Gasteiger partial charge in [0, 0.05) is 19.6 Å². The number of benzene rings is 1. The van der Waals surface area contributed by atoms with Crippen molar-refractivity contribution in [1.29, 1.82) is 0 Å². The maximum Gasteiger partial charge on any atom is 0.191 e. The summed E-state index contributed by atoms with van der Waals surface area (Å²) in [5.41, 5.74) is 0. The molecule has 136 valence electrons. The molecule has 2 N–H and O–H groups in total. The first kappa shape index (κ1) is 20.5. The van der Waals surface area contributed by atoms with Gasteiger partial charge in [-0.05, 0) is 44.2 Å². The second-order valence-corrected chi connectivity index (χ2v) is 8.61. The summed E-state index contributed by atoms with van der Waals surface area (Å²) < 4.78 is 24.4. The molecule has 1 rings (SSSR count). The van der Waals surface area contributed by atoms with E-state index in [9.17, 15) is 8.42 Å². The van der Waals surface area contributed by atoms with E-state index in [0.717, 1.165) is 12.4 Å². The van der Waals surface area contributed by atoms with Crippen LogP contribution in [0.3, 0.4) is 0 Å². The molecule has 0 bridgehead atoms. The Kier molecular flexibility index (Phi) is 8.82. The van der Waals surface area contributed by atoms with Crippen LogP contribution in [0.25, 0.3) is 0 Å². The predicted octanol–water partition coefficient (Wildman–Crippen LogP) is 2.84. The molecule has 24 heavy (non-hydrogen) atoms. The van der Waals surface area contributed by atoms with Crippen molar-refractivity contribution in [2.75, 3.05) is 19.3 Å². The second-order valence-electron chi connectivity index (χ2n) is 6.50. The fraction of sp³-hybridized carbons (Fsp3) is 0.611. The van der Waals surface area contributed by atoms with E-state index in [1.54, 1.807) is 31.3 Å². The third-order valence-corrected chi connectivity index (χ3v) is 5.58. The molecule has 0 aliphatic rings. The highest BCUT2D eigenvalue weighted by Crippen LogP contribution is 2.10. The lowest BCUT2D eigenvalue weighted by Crippen LogP contribution is -2.42. The molecular formula is C18H31N3O2S. The molecule has 0 aromatic heterocycles. The second kappa shape index (κ2) is 10.3. The minimum atomic E-state index is -3.21. The number of aliphatic imine (C=N–C) groups is 1. The lowest BCUT2D eigenvalue weighted by molar-refractivity contribution is 0.489. The minimum absolute atomic E-state index is 0.129. The van der Waals surface area contributed by atoms with E-state index in [4.69, 9.17) is 0 Å². The monoisotopic (exact) mass is 353 g/mol. The van der Waals surface area contributed by atoms with Crippen LogP contribution in [0.15, 0.2) is 40.2 Å². The van der Waals surface area contributed by atoms with Crippen molar-refractivity contribution in [3.8, 4) is 0 Å². The molecule has 0 saturated heterocycles. The van der Waals surface area contributed by atoms with E-state index < -0.39 is 9.84 Å². The summed E-state index contributed by atoms with van der Waals surface area (Å²) in [6.07, 6.45) is 2.79. The third kappa shape index (κ3) is 7.81. The number of rotatable bonds is 9. The SMILES string of the molecule is CN=C(NCCCS(=O)(=O)c1ccccc1)NC(C)CCC(C)C. The fourth-order valence-electron chi connectivity index (χ4n) is 2.30. The summed E-state index contributed by atoms with van der Waals surface area (Å²) >= 11 is 0. The summed E-state index contributed by atoms with van der Waals surface area (Å²) in [6, 6.07) is 8.92. The Labute approximate surface area is 146 Å². The first-order valence-corrected chi connectivity index (χ1v) is 10.3. The Balaban J connectivity index is 2.35. The van der Waals surface area contributed by atoms with Crippen LogP contribution in [0.1, 0.15) is 40.0 Å². The molecule has 0 amide bonds. The first-order valence-electron chi connectivity index (χ1n) is 8.60. The van der Waals surface area contributed by atoms with Gasteiger partial charge in [0.15, 0.2) is 15.8 Å². The highest BCUT2D eigenvalue weighted by molar-refractivity contribution is 7.91.